The van der Waals surface area contributed by atoms with Crippen LogP contribution in [0, 0.1) is 5.82 Å². The van der Waals surface area contributed by atoms with Crippen LogP contribution in [-0.2, 0) is 18.0 Å². The van der Waals surface area contributed by atoms with E-state index in [9.17, 15) is 4.39 Å². The van der Waals surface area contributed by atoms with Gasteiger partial charge in [0.15, 0.2) is 11.6 Å². The maximum atomic E-state index is 13.8. The van der Waals surface area contributed by atoms with E-state index in [-0.39, 0.29) is 12.0 Å². The van der Waals surface area contributed by atoms with Crippen molar-refractivity contribution in [3.8, 4) is 11.6 Å². The van der Waals surface area contributed by atoms with Crippen molar-refractivity contribution in [2.24, 2.45) is 0 Å². The van der Waals surface area contributed by atoms with E-state index in [1.807, 2.05) is 0 Å². The predicted molar refractivity (Wildman–Crippen MR) is 111 cm³/mol. The summed E-state index contributed by atoms with van der Waals surface area (Å²) in [6.45, 7) is 1.57. The molecule has 0 bridgehead atoms. The molecular formula is C22H23ClFN5O. The molecule has 5 rings (SSSR count). The number of hydrogen-bond acceptors (Lipinski definition) is 5. The van der Waals surface area contributed by atoms with E-state index < -0.39 is 10.7 Å². The molecule has 3 heterocycles. The lowest BCUT2D eigenvalue weighted by molar-refractivity contribution is 0.127. The van der Waals surface area contributed by atoms with Crippen molar-refractivity contribution in [2.45, 2.75) is 49.8 Å². The van der Waals surface area contributed by atoms with Gasteiger partial charge in [0, 0.05) is 12.7 Å². The first kappa shape index (κ1) is 19.5. The second kappa shape index (κ2) is 7.63. The first-order chi connectivity index (χ1) is 14.5. The Morgan fingerprint density at radius 3 is 2.83 bits per heavy atom. The number of benzene rings is 1. The molecule has 1 fully saturated rings. The minimum atomic E-state index is -0.446. The van der Waals surface area contributed by atoms with Crippen molar-refractivity contribution in [2.75, 3.05) is 7.05 Å². The maximum absolute atomic E-state index is 13.8. The third-order valence-electron chi connectivity index (χ3n) is 6.05. The van der Waals surface area contributed by atoms with E-state index >= 15 is 0 Å². The van der Waals surface area contributed by atoms with Crippen molar-refractivity contribution in [3.05, 3.63) is 65.6 Å². The van der Waals surface area contributed by atoms with E-state index in [0.29, 0.717) is 0 Å². The van der Waals surface area contributed by atoms with E-state index in [0.717, 1.165) is 55.8 Å². The van der Waals surface area contributed by atoms with Gasteiger partial charge in [-0.1, -0.05) is 12.1 Å². The van der Waals surface area contributed by atoms with Crippen LogP contribution in [0.3, 0.4) is 0 Å². The smallest absolute Gasteiger partial charge is 0.250 e. The summed E-state index contributed by atoms with van der Waals surface area (Å²) in [5.41, 5.74) is 3.43. The average Bonchev–Trinajstić information content (AvgIpc) is 3.14. The first-order valence-corrected chi connectivity index (χ1v) is 10.6. The highest BCUT2D eigenvalue weighted by Gasteiger charge is 2.37. The fourth-order valence-corrected chi connectivity index (χ4v) is 4.79. The summed E-state index contributed by atoms with van der Waals surface area (Å²) in [5.74, 6) is 0.579. The van der Waals surface area contributed by atoms with Gasteiger partial charge in [0.25, 0.3) is 5.88 Å². The fourth-order valence-electron chi connectivity index (χ4n) is 4.45. The molecule has 0 unspecified atom stereocenters. The van der Waals surface area contributed by atoms with Gasteiger partial charge >= 0.3 is 0 Å². The number of ether oxygens (including phenoxy) is 1. The molecule has 0 saturated heterocycles. The largest absolute Gasteiger partial charge is 0.472 e. The van der Waals surface area contributed by atoms with Crippen molar-refractivity contribution in [1.29, 1.82) is 0 Å². The van der Waals surface area contributed by atoms with Crippen LogP contribution in [0.15, 0.2) is 42.9 Å². The highest BCUT2D eigenvalue weighted by Crippen LogP contribution is 2.44. The standard InChI is InChI=1S/C22H23ClFN5O/c1-28-12-15-11-16(4-5-19(15)29-14-26-27-20(29)13-28)22(23)8-6-17(7-9-22)30-21-18(24)3-2-10-25-21/h2-5,10-11,14,17H,6-9,12-13H2,1H3. The van der Waals surface area contributed by atoms with E-state index in [1.54, 1.807) is 18.6 Å². The van der Waals surface area contributed by atoms with Gasteiger partial charge in [-0.25, -0.2) is 9.37 Å². The summed E-state index contributed by atoms with van der Waals surface area (Å²) in [6.07, 6.45) is 6.27. The maximum Gasteiger partial charge on any atom is 0.250 e. The van der Waals surface area contributed by atoms with Gasteiger partial charge < -0.3 is 4.74 Å². The number of nitrogens with zero attached hydrogens (tertiary/aromatic N) is 5. The zero-order valence-electron chi connectivity index (χ0n) is 16.8. The summed E-state index contributed by atoms with van der Waals surface area (Å²) in [6, 6.07) is 9.37. The van der Waals surface area contributed by atoms with E-state index in [4.69, 9.17) is 16.3 Å². The molecule has 1 aliphatic carbocycles. The first-order valence-electron chi connectivity index (χ1n) is 10.2. The van der Waals surface area contributed by atoms with Crippen molar-refractivity contribution in [3.63, 3.8) is 0 Å². The van der Waals surface area contributed by atoms with Crippen LogP contribution < -0.4 is 4.74 Å². The lowest BCUT2D eigenvalue weighted by Crippen LogP contribution is -2.32. The van der Waals surface area contributed by atoms with Crippen LogP contribution in [0.25, 0.3) is 5.69 Å². The Labute approximate surface area is 179 Å². The summed E-state index contributed by atoms with van der Waals surface area (Å²) in [7, 11) is 2.08. The van der Waals surface area contributed by atoms with E-state index in [2.05, 4.69) is 49.9 Å². The van der Waals surface area contributed by atoms with Crippen molar-refractivity contribution >= 4 is 11.6 Å². The lowest BCUT2D eigenvalue weighted by atomic mass is 9.81. The Kier molecular flexibility index (Phi) is 4.95. The van der Waals surface area contributed by atoms with E-state index in [1.165, 1.54) is 11.6 Å². The molecule has 0 atom stereocenters. The van der Waals surface area contributed by atoms with Gasteiger partial charge in [-0.3, -0.25) is 9.47 Å². The molecular weight excluding hydrogens is 405 g/mol. The van der Waals surface area contributed by atoms with Gasteiger partial charge in [-0.2, -0.15) is 0 Å². The Morgan fingerprint density at radius 1 is 1.20 bits per heavy atom. The number of aromatic nitrogens is 4. The van der Waals surface area contributed by atoms with Crippen LogP contribution in [0.5, 0.6) is 5.88 Å². The van der Waals surface area contributed by atoms with Gasteiger partial charge in [-0.05, 0) is 62.1 Å². The molecule has 0 N–H and O–H groups in total. The lowest BCUT2D eigenvalue weighted by Gasteiger charge is -2.36. The minimum absolute atomic E-state index is 0.0717. The molecule has 6 nitrogen and oxygen atoms in total. The number of fused-ring (bicyclic) bond motifs is 3. The molecule has 1 aromatic carbocycles. The fraction of sp³-hybridized carbons (Fsp3) is 0.409. The highest BCUT2D eigenvalue weighted by atomic mass is 35.5. The van der Waals surface area contributed by atoms with Crippen LogP contribution in [0.4, 0.5) is 4.39 Å². The molecule has 0 radical (unpaired) electrons. The molecule has 1 saturated carbocycles. The summed E-state index contributed by atoms with van der Waals surface area (Å²) in [4.78, 5) is 5.78. The zero-order valence-corrected chi connectivity index (χ0v) is 17.5. The minimum Gasteiger partial charge on any atom is -0.472 e. The molecule has 2 aliphatic rings. The molecule has 0 spiro atoms. The molecule has 3 aromatic rings. The third kappa shape index (κ3) is 3.56. The second-order valence-corrected chi connectivity index (χ2v) is 8.93. The summed E-state index contributed by atoms with van der Waals surface area (Å²) in [5, 5.41) is 8.31. The predicted octanol–water partition coefficient (Wildman–Crippen LogP) is 4.20. The van der Waals surface area contributed by atoms with Crippen LogP contribution >= 0.6 is 11.6 Å². The number of pyridine rings is 1. The zero-order chi connectivity index (χ0) is 20.7. The van der Waals surface area contributed by atoms with Crippen LogP contribution in [0.1, 0.15) is 42.6 Å². The molecule has 156 valence electrons. The molecule has 2 aromatic heterocycles. The van der Waals surface area contributed by atoms with Crippen LogP contribution in [-0.4, -0.2) is 37.8 Å². The summed E-state index contributed by atoms with van der Waals surface area (Å²) < 4.78 is 21.7. The topological polar surface area (TPSA) is 56.1 Å². The Hall–Kier alpha value is -2.51. The number of rotatable bonds is 3. The average molecular weight is 428 g/mol. The van der Waals surface area contributed by atoms with Gasteiger partial charge in [-0.15, -0.1) is 21.8 Å². The third-order valence-corrected chi connectivity index (χ3v) is 6.65. The monoisotopic (exact) mass is 427 g/mol. The molecule has 8 heteroatoms. The van der Waals surface area contributed by atoms with Gasteiger partial charge in [0.05, 0.1) is 17.1 Å². The number of halogens is 2. The normalized spacial score (nSPS) is 24.0. The van der Waals surface area contributed by atoms with Crippen LogP contribution in [0.2, 0.25) is 0 Å². The molecule has 1 aliphatic heterocycles. The number of hydrogen-bond donors (Lipinski definition) is 0. The SMILES string of the molecule is CN1Cc2cc(C3(Cl)CCC(Oc4ncccc4F)CC3)ccc2-n2cnnc2C1. The Bertz CT molecular complexity index is 1060. The second-order valence-electron chi connectivity index (χ2n) is 8.21. The Morgan fingerprint density at radius 2 is 2.03 bits per heavy atom. The highest BCUT2D eigenvalue weighted by molar-refractivity contribution is 6.24. The molecule has 30 heavy (non-hydrogen) atoms. The summed E-state index contributed by atoms with van der Waals surface area (Å²) >= 11 is 7.11. The quantitative estimate of drug-likeness (QED) is 0.586. The van der Waals surface area contributed by atoms with Crippen molar-refractivity contribution in [1.82, 2.24) is 24.6 Å². The van der Waals surface area contributed by atoms with Crippen molar-refractivity contribution < 1.29 is 9.13 Å². The Balaban J connectivity index is 1.35. The number of alkyl halides is 1. The van der Waals surface area contributed by atoms with Gasteiger partial charge in [0.1, 0.15) is 12.4 Å². The molecule has 0 amide bonds. The van der Waals surface area contributed by atoms with Gasteiger partial charge in [0.2, 0.25) is 0 Å².